The molecule has 45 heavy (non-hydrogen) atoms. The van der Waals surface area contributed by atoms with Gasteiger partial charge in [0.2, 0.25) is 0 Å². The van der Waals surface area contributed by atoms with E-state index in [1.165, 1.54) is 0 Å². The zero-order chi connectivity index (χ0) is 31.2. The van der Waals surface area contributed by atoms with E-state index in [1.54, 1.807) is 16.0 Å². The first-order chi connectivity index (χ1) is 22.0. The fourth-order valence-corrected chi connectivity index (χ4v) is 6.37. The summed E-state index contributed by atoms with van der Waals surface area (Å²) in [4.78, 5) is 18.3. The Bertz CT molecular complexity index is 1670. The van der Waals surface area contributed by atoms with Gasteiger partial charge in [-0.1, -0.05) is 97.1 Å². The Morgan fingerprint density at radius 1 is 0.800 bits per heavy atom. The van der Waals surface area contributed by atoms with E-state index in [4.69, 9.17) is 0 Å². The van der Waals surface area contributed by atoms with Crippen LogP contribution in [-0.4, -0.2) is 72.2 Å². The number of nitrogens with zero attached hydrogens (tertiary/aromatic N) is 3. The number of benzene rings is 3. The van der Waals surface area contributed by atoms with Crippen molar-refractivity contribution in [2.75, 3.05) is 6.54 Å². The van der Waals surface area contributed by atoms with Crippen LogP contribution in [0, 0.1) is 0 Å². The van der Waals surface area contributed by atoms with Crippen LogP contribution >= 0.6 is 0 Å². The van der Waals surface area contributed by atoms with Crippen LogP contribution in [-0.2, 0) is 19.4 Å². The minimum atomic E-state index is -1.21. The topological polar surface area (TPSA) is 113 Å². The monoisotopic (exact) mass is 602 g/mol. The Labute approximate surface area is 263 Å². The predicted molar refractivity (Wildman–Crippen MR) is 174 cm³/mol. The summed E-state index contributed by atoms with van der Waals surface area (Å²) >= 11 is 0. The van der Waals surface area contributed by atoms with Gasteiger partial charge in [0.25, 0.3) is 0 Å². The van der Waals surface area contributed by atoms with Crippen molar-refractivity contribution in [2.45, 2.75) is 50.1 Å². The van der Waals surface area contributed by atoms with Crippen molar-refractivity contribution in [2.24, 2.45) is 0 Å². The molecule has 0 unspecified atom stereocenters. The molecule has 8 nitrogen and oxygen atoms in total. The molecule has 2 amide bonds. The van der Waals surface area contributed by atoms with E-state index < -0.39 is 24.3 Å². The molecule has 0 bridgehead atoms. The third-order valence-electron chi connectivity index (χ3n) is 8.71. The molecule has 4 atom stereocenters. The van der Waals surface area contributed by atoms with E-state index in [0.717, 1.165) is 45.4 Å². The third kappa shape index (κ3) is 6.93. The molecule has 2 aliphatic rings. The maximum absolute atomic E-state index is 14.9. The molecule has 4 aromatic rings. The fourth-order valence-electron chi connectivity index (χ4n) is 6.37. The Morgan fingerprint density at radius 2 is 1.42 bits per heavy atom. The molecule has 3 aromatic carbocycles. The molecule has 0 radical (unpaired) electrons. The van der Waals surface area contributed by atoms with Gasteiger partial charge in [0.15, 0.2) is 0 Å². The van der Waals surface area contributed by atoms with Crippen molar-refractivity contribution in [3.8, 4) is 11.3 Å². The average Bonchev–Trinajstić information content (AvgIpc) is 3.62. The second kappa shape index (κ2) is 13.8. The van der Waals surface area contributed by atoms with Gasteiger partial charge in [0.05, 0.1) is 24.0 Å². The number of allylic oxidation sites excluding steroid dienone is 4. The molecule has 6 rings (SSSR count). The second-order valence-electron chi connectivity index (χ2n) is 11.8. The minimum Gasteiger partial charge on any atom is -0.515 e. The summed E-state index contributed by atoms with van der Waals surface area (Å²) in [7, 11) is 0. The van der Waals surface area contributed by atoms with Crippen molar-refractivity contribution in [3.05, 3.63) is 150 Å². The maximum atomic E-state index is 14.9. The quantitative estimate of drug-likeness (QED) is 0.187. The summed E-state index contributed by atoms with van der Waals surface area (Å²) in [5.41, 5.74) is 6.28. The van der Waals surface area contributed by atoms with E-state index in [-0.39, 0.29) is 19.1 Å². The lowest BCUT2D eigenvalue weighted by Gasteiger charge is -2.36. The fraction of sp³-hybridized carbons (Fsp3) is 0.243. The van der Waals surface area contributed by atoms with Gasteiger partial charge in [-0.05, 0) is 64.8 Å². The zero-order valence-electron chi connectivity index (χ0n) is 25.0. The minimum absolute atomic E-state index is 0.234. The Balaban J connectivity index is 1.41. The lowest BCUT2D eigenvalue weighted by molar-refractivity contribution is -0.0395. The smallest absolute Gasteiger partial charge is 0.321 e. The molecular formula is C37H38N4O4. The van der Waals surface area contributed by atoms with E-state index in [1.807, 2.05) is 109 Å². The van der Waals surface area contributed by atoms with Crippen LogP contribution in [0.15, 0.2) is 133 Å². The lowest BCUT2D eigenvalue weighted by atomic mass is 9.90. The van der Waals surface area contributed by atoms with Crippen molar-refractivity contribution < 1.29 is 20.1 Å². The van der Waals surface area contributed by atoms with Gasteiger partial charge in [-0.3, -0.25) is 5.10 Å². The number of hydrogen-bond acceptors (Lipinski definition) is 5. The number of aromatic amines is 1. The first-order valence-electron chi connectivity index (χ1n) is 15.3. The molecule has 230 valence electrons. The standard InChI is InChI=1S/C37H38N4O4/c42-25-30-15-7-13-28(19-30)23-40-33(21-26-9-3-1-4-10-26)35(43)36(44)34(22-27-11-5-2-6-12-27)41(37(40)45)24-29-14-8-16-31(20-29)32-17-18-38-39-32/h1-18,20,25,33-36,42-44H,19,21-24H2,(H,38,39)/b30-25+/t33-,34-,35+,36+/m1/s1. The van der Waals surface area contributed by atoms with Crippen LogP contribution in [0.1, 0.15) is 23.1 Å². The van der Waals surface area contributed by atoms with Crippen LogP contribution in [0.2, 0.25) is 0 Å². The number of carbonyl (C=O) groups excluding carboxylic acids is 1. The van der Waals surface area contributed by atoms with Crippen LogP contribution in [0.5, 0.6) is 0 Å². The van der Waals surface area contributed by atoms with Gasteiger partial charge in [-0.25, -0.2) is 4.79 Å². The number of hydrogen-bond donors (Lipinski definition) is 4. The van der Waals surface area contributed by atoms with Crippen molar-refractivity contribution >= 4 is 6.03 Å². The van der Waals surface area contributed by atoms with E-state index >= 15 is 0 Å². The number of rotatable bonds is 9. The van der Waals surface area contributed by atoms with E-state index in [0.29, 0.717) is 19.3 Å². The molecule has 1 fully saturated rings. The first kappa shape index (κ1) is 30.1. The molecule has 0 spiro atoms. The number of aliphatic hydroxyl groups is 3. The second-order valence-corrected chi connectivity index (χ2v) is 11.8. The van der Waals surface area contributed by atoms with Gasteiger partial charge in [-0.15, -0.1) is 0 Å². The van der Waals surface area contributed by atoms with Gasteiger partial charge in [0, 0.05) is 19.3 Å². The van der Waals surface area contributed by atoms with Crippen molar-refractivity contribution in [1.82, 2.24) is 20.0 Å². The van der Waals surface area contributed by atoms with Crippen LogP contribution in [0.3, 0.4) is 0 Å². The Morgan fingerprint density at radius 3 is 2.02 bits per heavy atom. The van der Waals surface area contributed by atoms with Crippen molar-refractivity contribution in [1.29, 1.82) is 0 Å². The normalized spacial score (nSPS) is 22.8. The Kier molecular flexibility index (Phi) is 9.24. The molecule has 0 saturated carbocycles. The predicted octanol–water partition coefficient (Wildman–Crippen LogP) is 5.59. The molecule has 1 aromatic heterocycles. The molecule has 2 heterocycles. The van der Waals surface area contributed by atoms with E-state index in [2.05, 4.69) is 10.2 Å². The maximum Gasteiger partial charge on any atom is 0.321 e. The van der Waals surface area contributed by atoms with Gasteiger partial charge in [-0.2, -0.15) is 5.10 Å². The Hall–Kier alpha value is -4.92. The largest absolute Gasteiger partial charge is 0.515 e. The molecule has 4 N–H and O–H groups in total. The SMILES string of the molecule is O=C1N(CC2=CC=C/C(=C\O)C2)[C@H](Cc2ccccc2)[C@H](O)[C@@H](O)[C@@H](Cc2ccccc2)N1Cc1cccc(-c2ccn[nH]2)c1. The van der Waals surface area contributed by atoms with E-state index in [9.17, 15) is 20.1 Å². The van der Waals surface area contributed by atoms with Crippen LogP contribution < -0.4 is 0 Å². The van der Waals surface area contributed by atoms with Gasteiger partial charge in [0.1, 0.15) is 12.2 Å². The van der Waals surface area contributed by atoms with Crippen LogP contribution in [0.25, 0.3) is 11.3 Å². The summed E-state index contributed by atoms with van der Waals surface area (Å²) in [5, 5.41) is 40.7. The summed E-state index contributed by atoms with van der Waals surface area (Å²) in [6, 6.07) is 27.7. The average molecular weight is 603 g/mol. The summed E-state index contributed by atoms with van der Waals surface area (Å²) in [5.74, 6) is 0. The zero-order valence-corrected chi connectivity index (χ0v) is 25.0. The summed E-state index contributed by atoms with van der Waals surface area (Å²) < 4.78 is 0. The molecule has 1 aliphatic carbocycles. The van der Waals surface area contributed by atoms with Crippen molar-refractivity contribution in [3.63, 3.8) is 0 Å². The van der Waals surface area contributed by atoms with Gasteiger partial charge < -0.3 is 25.1 Å². The number of aliphatic hydroxyl groups excluding tert-OH is 3. The highest BCUT2D eigenvalue weighted by molar-refractivity contribution is 5.77. The highest BCUT2D eigenvalue weighted by Crippen LogP contribution is 2.31. The summed E-state index contributed by atoms with van der Waals surface area (Å²) in [6.45, 7) is 0.474. The van der Waals surface area contributed by atoms with Gasteiger partial charge >= 0.3 is 6.03 Å². The number of aromatic nitrogens is 2. The number of amides is 2. The molecule has 8 heteroatoms. The number of nitrogens with one attached hydrogen (secondary N) is 1. The molecular weight excluding hydrogens is 564 g/mol. The van der Waals surface area contributed by atoms with Crippen LogP contribution in [0.4, 0.5) is 4.79 Å². The lowest BCUT2D eigenvalue weighted by Crippen LogP contribution is -2.51. The highest BCUT2D eigenvalue weighted by atomic mass is 16.3. The number of H-pyrrole nitrogens is 1. The first-order valence-corrected chi connectivity index (χ1v) is 15.3. The molecule has 1 saturated heterocycles. The summed E-state index contributed by atoms with van der Waals surface area (Å²) in [6.07, 6.45) is 7.24. The number of urea groups is 1. The highest BCUT2D eigenvalue weighted by Gasteiger charge is 2.46. The molecule has 1 aliphatic heterocycles. The third-order valence-corrected chi connectivity index (χ3v) is 8.71. The number of carbonyl (C=O) groups is 1.